The van der Waals surface area contributed by atoms with Crippen LogP contribution in [0, 0.1) is 11.8 Å². The van der Waals surface area contributed by atoms with E-state index in [0.717, 1.165) is 24.8 Å². The molecule has 162 valence electrons. The number of hydrogen-bond acceptors (Lipinski definition) is 4. The van der Waals surface area contributed by atoms with E-state index in [2.05, 4.69) is 13.8 Å². The Hall–Kier alpha value is -1.69. The van der Waals surface area contributed by atoms with Crippen molar-refractivity contribution in [2.75, 3.05) is 24.6 Å². The number of amides is 1. The zero-order valence-corrected chi connectivity index (χ0v) is 18.8. The van der Waals surface area contributed by atoms with Gasteiger partial charge in [0.2, 0.25) is 5.91 Å². The van der Waals surface area contributed by atoms with Gasteiger partial charge in [-0.15, -0.1) is 0 Å². The highest BCUT2D eigenvalue weighted by Crippen LogP contribution is 2.23. The Bertz CT molecular complexity index is 776. The molecule has 0 saturated carbocycles. The van der Waals surface area contributed by atoms with E-state index >= 15 is 0 Å². The minimum absolute atomic E-state index is 0.0777. The fourth-order valence-electron chi connectivity index (χ4n) is 3.83. The summed E-state index contributed by atoms with van der Waals surface area (Å²) in [5.74, 6) is -0.0584. The first-order valence-corrected chi connectivity index (χ1v) is 12.7. The minimum Gasteiger partial charge on any atom is -0.342 e. The lowest BCUT2D eigenvalue weighted by atomic mass is 9.88. The van der Waals surface area contributed by atoms with Gasteiger partial charge in [0.25, 0.3) is 0 Å². The highest BCUT2D eigenvalue weighted by Gasteiger charge is 2.29. The third-order valence-electron chi connectivity index (χ3n) is 5.50. The van der Waals surface area contributed by atoms with Crippen molar-refractivity contribution in [2.45, 2.75) is 59.3 Å². The number of rotatable bonds is 10. The number of hydrogen-bond donors (Lipinski definition) is 0. The van der Waals surface area contributed by atoms with Crippen LogP contribution in [0.3, 0.4) is 0 Å². The van der Waals surface area contributed by atoms with Crippen molar-refractivity contribution in [1.29, 1.82) is 0 Å². The van der Waals surface area contributed by atoms with E-state index in [0.29, 0.717) is 38.3 Å². The lowest BCUT2D eigenvalue weighted by Gasteiger charge is -2.31. The second-order valence-electron chi connectivity index (χ2n) is 8.61. The van der Waals surface area contributed by atoms with Crippen LogP contribution >= 0.6 is 0 Å². The van der Waals surface area contributed by atoms with Gasteiger partial charge < -0.3 is 4.90 Å². The van der Waals surface area contributed by atoms with Crippen molar-refractivity contribution < 1.29 is 18.0 Å². The number of unbranched alkanes of at least 4 members (excludes halogenated alkanes) is 2. The Balaban J connectivity index is 1.84. The fourth-order valence-corrected chi connectivity index (χ4v) is 5.17. The van der Waals surface area contributed by atoms with Crippen LogP contribution in [-0.4, -0.2) is 49.6 Å². The molecule has 0 spiro atoms. The van der Waals surface area contributed by atoms with E-state index in [9.17, 15) is 18.0 Å². The zero-order valence-electron chi connectivity index (χ0n) is 18.0. The smallest absolute Gasteiger partial charge is 0.237 e. The predicted molar refractivity (Wildman–Crippen MR) is 117 cm³/mol. The van der Waals surface area contributed by atoms with Gasteiger partial charge in [-0.1, -0.05) is 57.9 Å². The van der Waals surface area contributed by atoms with Crippen LogP contribution in [0.25, 0.3) is 0 Å². The van der Waals surface area contributed by atoms with E-state index < -0.39 is 15.6 Å². The topological polar surface area (TPSA) is 71.5 Å². The van der Waals surface area contributed by atoms with Crippen LogP contribution in [-0.2, 0) is 21.1 Å². The number of nitrogens with zero attached hydrogens (tertiary/aromatic N) is 1. The van der Waals surface area contributed by atoms with E-state index in [1.54, 1.807) is 4.90 Å². The molecule has 2 rings (SSSR count). The van der Waals surface area contributed by atoms with E-state index in [1.165, 1.54) is 5.56 Å². The summed E-state index contributed by atoms with van der Waals surface area (Å²) < 4.78 is 24.2. The quantitative estimate of drug-likeness (QED) is 0.424. The molecule has 0 aliphatic carbocycles. The molecule has 0 aromatic heterocycles. The average molecular weight is 422 g/mol. The molecule has 5 nitrogen and oxygen atoms in total. The number of benzene rings is 1. The lowest BCUT2D eigenvalue weighted by molar-refractivity contribution is -0.129. The van der Waals surface area contributed by atoms with Gasteiger partial charge in [-0.2, -0.15) is 0 Å². The van der Waals surface area contributed by atoms with Gasteiger partial charge in [-0.05, 0) is 37.2 Å². The van der Waals surface area contributed by atoms with Crippen molar-refractivity contribution in [3.8, 4) is 0 Å². The van der Waals surface area contributed by atoms with Gasteiger partial charge in [0.05, 0.1) is 5.75 Å². The van der Waals surface area contributed by atoms with Crippen LogP contribution in [0.2, 0.25) is 0 Å². The van der Waals surface area contributed by atoms with Crippen molar-refractivity contribution >= 4 is 21.5 Å². The highest BCUT2D eigenvalue weighted by molar-refractivity contribution is 7.92. The summed E-state index contributed by atoms with van der Waals surface area (Å²) in [5, 5.41) is 0. The molecule has 29 heavy (non-hydrogen) atoms. The van der Waals surface area contributed by atoms with Crippen molar-refractivity contribution in [3.05, 3.63) is 35.4 Å². The van der Waals surface area contributed by atoms with Gasteiger partial charge in [0.15, 0.2) is 15.6 Å². The zero-order chi connectivity index (χ0) is 21.4. The first kappa shape index (κ1) is 23.6. The number of likely N-dealkylation sites (tertiary alicyclic amines) is 1. The Kier molecular flexibility index (Phi) is 8.87. The van der Waals surface area contributed by atoms with Crippen LogP contribution in [0.1, 0.15) is 68.8 Å². The van der Waals surface area contributed by atoms with Gasteiger partial charge in [-0.25, -0.2) is 8.42 Å². The molecule has 1 heterocycles. The van der Waals surface area contributed by atoms with E-state index in [4.69, 9.17) is 0 Å². The molecule has 1 saturated heterocycles. The number of Topliss-reactive ketones (excluding diaryl/α,β-unsaturated/α-hetero) is 1. The van der Waals surface area contributed by atoms with E-state index in [1.807, 2.05) is 31.2 Å². The molecule has 1 aliphatic heterocycles. The maximum atomic E-state index is 12.8. The summed E-state index contributed by atoms with van der Waals surface area (Å²) in [6, 6.07) is 7.85. The SMILES string of the molecule is CCCCCS(=O)(=O)CC(=O)N1CCC(C(=O)c2ccc(CC(C)C)cc2)CC1. The summed E-state index contributed by atoms with van der Waals surface area (Å²) in [4.78, 5) is 26.8. The Morgan fingerprint density at radius 3 is 2.24 bits per heavy atom. The number of ketones is 1. The number of carbonyl (C=O) groups excluding carboxylic acids is 2. The molecule has 0 atom stereocenters. The third kappa shape index (κ3) is 7.57. The molecule has 0 N–H and O–H groups in total. The summed E-state index contributed by atoms with van der Waals surface area (Å²) in [7, 11) is -3.35. The standard InChI is InChI=1S/C23H35NO4S/c1-4-5-6-15-29(27,28)17-22(25)24-13-11-21(12-14-24)23(26)20-9-7-19(8-10-20)16-18(2)3/h7-10,18,21H,4-6,11-17H2,1-3H3. The second-order valence-corrected chi connectivity index (χ2v) is 10.8. The number of piperidine rings is 1. The maximum Gasteiger partial charge on any atom is 0.237 e. The molecule has 1 fully saturated rings. The summed E-state index contributed by atoms with van der Waals surface area (Å²) in [6.07, 6.45) is 4.60. The Morgan fingerprint density at radius 2 is 1.69 bits per heavy atom. The summed E-state index contributed by atoms with van der Waals surface area (Å²) >= 11 is 0. The van der Waals surface area contributed by atoms with Gasteiger partial charge in [-0.3, -0.25) is 9.59 Å². The molecule has 0 radical (unpaired) electrons. The second kappa shape index (κ2) is 10.9. The summed E-state index contributed by atoms with van der Waals surface area (Å²) in [5.41, 5.74) is 1.96. The molecular weight excluding hydrogens is 386 g/mol. The molecular formula is C23H35NO4S. The fraction of sp³-hybridized carbons (Fsp3) is 0.652. The summed E-state index contributed by atoms with van der Waals surface area (Å²) in [6.45, 7) is 7.26. The molecule has 1 aromatic carbocycles. The van der Waals surface area contributed by atoms with Crippen LogP contribution < -0.4 is 0 Å². The first-order chi connectivity index (χ1) is 13.7. The minimum atomic E-state index is -3.35. The highest BCUT2D eigenvalue weighted by atomic mass is 32.2. The predicted octanol–water partition coefficient (Wildman–Crippen LogP) is 3.91. The molecule has 1 aromatic rings. The number of carbonyl (C=O) groups is 2. The third-order valence-corrected chi connectivity index (χ3v) is 7.10. The molecule has 1 aliphatic rings. The average Bonchev–Trinajstić information content (AvgIpc) is 2.67. The normalized spacial score (nSPS) is 15.7. The Labute approximate surface area is 175 Å². The van der Waals surface area contributed by atoms with Crippen molar-refractivity contribution in [2.24, 2.45) is 11.8 Å². The van der Waals surface area contributed by atoms with Crippen LogP contribution in [0.15, 0.2) is 24.3 Å². The monoisotopic (exact) mass is 421 g/mol. The molecule has 6 heteroatoms. The Morgan fingerprint density at radius 1 is 1.07 bits per heavy atom. The van der Waals surface area contributed by atoms with Gasteiger partial charge >= 0.3 is 0 Å². The van der Waals surface area contributed by atoms with Crippen molar-refractivity contribution in [1.82, 2.24) is 4.90 Å². The van der Waals surface area contributed by atoms with Crippen molar-refractivity contribution in [3.63, 3.8) is 0 Å². The number of sulfone groups is 1. The molecule has 0 unspecified atom stereocenters. The maximum absolute atomic E-state index is 12.8. The van der Waals surface area contributed by atoms with Gasteiger partial charge in [0, 0.05) is 24.6 Å². The van der Waals surface area contributed by atoms with Crippen LogP contribution in [0.4, 0.5) is 0 Å². The largest absolute Gasteiger partial charge is 0.342 e. The van der Waals surface area contributed by atoms with E-state index in [-0.39, 0.29) is 23.4 Å². The lowest BCUT2D eigenvalue weighted by Crippen LogP contribution is -2.43. The molecule has 1 amide bonds. The van der Waals surface area contributed by atoms with Gasteiger partial charge in [0.1, 0.15) is 5.75 Å². The van der Waals surface area contributed by atoms with Crippen LogP contribution in [0.5, 0.6) is 0 Å². The molecule has 0 bridgehead atoms. The first-order valence-electron chi connectivity index (χ1n) is 10.8.